The van der Waals surface area contributed by atoms with Crippen LogP contribution in [-0.4, -0.2) is 43.2 Å². The van der Waals surface area contributed by atoms with Crippen molar-refractivity contribution >= 4 is 15.9 Å². The van der Waals surface area contributed by atoms with E-state index in [-0.39, 0.29) is 11.8 Å². The van der Waals surface area contributed by atoms with Crippen molar-refractivity contribution in [2.24, 2.45) is 5.92 Å². The van der Waals surface area contributed by atoms with E-state index in [4.69, 9.17) is 0 Å². The summed E-state index contributed by atoms with van der Waals surface area (Å²) in [5.74, 6) is -0.101. The third kappa shape index (κ3) is 4.97. The molecule has 32 heavy (non-hydrogen) atoms. The van der Waals surface area contributed by atoms with Gasteiger partial charge >= 0.3 is 0 Å². The zero-order valence-corrected chi connectivity index (χ0v) is 20.4. The van der Waals surface area contributed by atoms with Gasteiger partial charge in [-0.15, -0.1) is 6.58 Å². The molecule has 1 heterocycles. The standard InChI is InChI=1S/C26H34N2O3S/c1-6-14-27(18-23-10-8-7-9-11-23)26(29)24-12-15-28(16-13-24)32(30,31)25-21(4)19(2)17-20(3)22(25)5/h6-11,17,24H,1,12-16,18H2,2-5H3. The average Bonchev–Trinajstić information content (AvgIpc) is 2.78. The van der Waals surface area contributed by atoms with Crippen molar-refractivity contribution in [1.29, 1.82) is 0 Å². The van der Waals surface area contributed by atoms with E-state index in [0.717, 1.165) is 27.8 Å². The van der Waals surface area contributed by atoms with Gasteiger partial charge in [0.2, 0.25) is 15.9 Å². The number of piperidine rings is 1. The summed E-state index contributed by atoms with van der Waals surface area (Å²) < 4.78 is 28.6. The molecule has 0 aliphatic carbocycles. The highest BCUT2D eigenvalue weighted by Crippen LogP contribution is 2.31. The largest absolute Gasteiger partial charge is 0.334 e. The van der Waals surface area contributed by atoms with Crippen LogP contribution in [0.1, 0.15) is 40.7 Å². The van der Waals surface area contributed by atoms with E-state index < -0.39 is 10.0 Å². The van der Waals surface area contributed by atoms with Gasteiger partial charge in [-0.25, -0.2) is 8.42 Å². The zero-order valence-electron chi connectivity index (χ0n) is 19.6. The van der Waals surface area contributed by atoms with Gasteiger partial charge in [-0.05, 0) is 68.4 Å². The van der Waals surface area contributed by atoms with Crippen molar-refractivity contribution in [1.82, 2.24) is 9.21 Å². The Morgan fingerprint density at radius 3 is 2.16 bits per heavy atom. The van der Waals surface area contributed by atoms with Crippen molar-refractivity contribution in [2.45, 2.75) is 52.0 Å². The fourth-order valence-electron chi connectivity index (χ4n) is 4.49. The molecular formula is C26H34N2O3S. The molecule has 5 nitrogen and oxygen atoms in total. The normalized spacial score (nSPS) is 15.5. The summed E-state index contributed by atoms with van der Waals surface area (Å²) in [4.78, 5) is 15.5. The molecular weight excluding hydrogens is 420 g/mol. The van der Waals surface area contributed by atoms with E-state index in [2.05, 4.69) is 6.58 Å². The number of hydrogen-bond donors (Lipinski definition) is 0. The maximum Gasteiger partial charge on any atom is 0.243 e. The highest BCUT2D eigenvalue weighted by molar-refractivity contribution is 7.89. The maximum absolute atomic E-state index is 13.5. The van der Waals surface area contributed by atoms with E-state index in [1.54, 1.807) is 10.4 Å². The number of hydrogen-bond acceptors (Lipinski definition) is 3. The Morgan fingerprint density at radius 1 is 1.06 bits per heavy atom. The first kappa shape index (κ1) is 24.2. The molecule has 172 valence electrons. The number of sulfonamides is 1. The van der Waals surface area contributed by atoms with E-state index in [9.17, 15) is 13.2 Å². The topological polar surface area (TPSA) is 57.7 Å². The molecule has 1 saturated heterocycles. The lowest BCUT2D eigenvalue weighted by Gasteiger charge is -2.34. The summed E-state index contributed by atoms with van der Waals surface area (Å²) in [6.45, 7) is 13.2. The molecule has 3 rings (SSSR count). The molecule has 0 atom stereocenters. The van der Waals surface area contributed by atoms with Gasteiger partial charge in [0.05, 0.1) is 4.90 Å². The van der Waals surface area contributed by atoms with Crippen molar-refractivity contribution in [3.8, 4) is 0 Å². The Kier molecular flexibility index (Phi) is 7.57. The Balaban J connectivity index is 1.74. The molecule has 2 aromatic rings. The predicted molar refractivity (Wildman–Crippen MR) is 129 cm³/mol. The Labute approximate surface area is 192 Å². The van der Waals surface area contributed by atoms with Crippen molar-refractivity contribution in [3.63, 3.8) is 0 Å². The molecule has 0 bridgehead atoms. The van der Waals surface area contributed by atoms with E-state index in [1.165, 1.54) is 0 Å². The Hall–Kier alpha value is -2.44. The zero-order chi connectivity index (χ0) is 23.5. The third-order valence-corrected chi connectivity index (χ3v) is 8.75. The predicted octanol–water partition coefficient (Wildman–Crippen LogP) is 4.54. The van der Waals surface area contributed by atoms with Crippen LogP contribution in [0.5, 0.6) is 0 Å². The van der Waals surface area contributed by atoms with Crippen LogP contribution in [0.4, 0.5) is 0 Å². The van der Waals surface area contributed by atoms with Crippen LogP contribution in [0.15, 0.2) is 53.9 Å². The quantitative estimate of drug-likeness (QED) is 0.578. The van der Waals surface area contributed by atoms with Crippen LogP contribution in [0.2, 0.25) is 0 Å². The first-order valence-corrected chi connectivity index (χ1v) is 12.6. The van der Waals surface area contributed by atoms with Gasteiger partial charge in [0.25, 0.3) is 0 Å². The molecule has 0 saturated carbocycles. The fourth-order valence-corrected chi connectivity index (χ4v) is 6.54. The molecule has 1 fully saturated rings. The number of aryl methyl sites for hydroxylation is 2. The average molecular weight is 455 g/mol. The van der Waals surface area contributed by atoms with Crippen LogP contribution < -0.4 is 0 Å². The number of amides is 1. The van der Waals surface area contributed by atoms with Crippen LogP contribution in [-0.2, 0) is 21.4 Å². The van der Waals surface area contributed by atoms with E-state index in [0.29, 0.717) is 43.9 Å². The molecule has 0 N–H and O–H groups in total. The third-order valence-electron chi connectivity index (χ3n) is 6.58. The summed E-state index contributed by atoms with van der Waals surface area (Å²) in [6.07, 6.45) is 2.80. The second-order valence-electron chi connectivity index (χ2n) is 8.76. The minimum Gasteiger partial charge on any atom is -0.334 e. The molecule has 0 unspecified atom stereocenters. The number of nitrogens with zero attached hydrogens (tertiary/aromatic N) is 2. The van der Waals surface area contributed by atoms with Crippen LogP contribution in [0.3, 0.4) is 0 Å². The van der Waals surface area contributed by atoms with E-state index in [1.807, 2.05) is 69.0 Å². The van der Waals surface area contributed by atoms with Crippen molar-refractivity contribution in [2.75, 3.05) is 19.6 Å². The summed E-state index contributed by atoms with van der Waals surface area (Å²) in [5.41, 5.74) is 4.66. The molecule has 6 heteroatoms. The molecule has 1 aliphatic rings. The summed E-state index contributed by atoms with van der Waals surface area (Å²) in [7, 11) is -3.60. The first-order chi connectivity index (χ1) is 15.2. The van der Waals surface area contributed by atoms with Gasteiger partial charge in [-0.2, -0.15) is 4.31 Å². The molecule has 0 aromatic heterocycles. The Morgan fingerprint density at radius 2 is 1.62 bits per heavy atom. The SMILES string of the molecule is C=CCN(Cc1ccccc1)C(=O)C1CCN(S(=O)(=O)c2c(C)c(C)cc(C)c2C)CC1. The number of carbonyl (C=O) groups excluding carboxylic acids is 1. The fraction of sp³-hybridized carbons (Fsp3) is 0.423. The minimum absolute atomic E-state index is 0.0737. The lowest BCUT2D eigenvalue weighted by molar-refractivity contribution is -0.136. The van der Waals surface area contributed by atoms with Gasteiger partial charge in [-0.1, -0.05) is 42.5 Å². The molecule has 2 aromatic carbocycles. The second kappa shape index (κ2) is 10.0. The van der Waals surface area contributed by atoms with Crippen molar-refractivity contribution in [3.05, 3.63) is 76.9 Å². The van der Waals surface area contributed by atoms with Gasteiger partial charge in [0, 0.05) is 32.1 Å². The van der Waals surface area contributed by atoms with Crippen LogP contribution in [0.25, 0.3) is 0 Å². The minimum atomic E-state index is -3.60. The van der Waals surface area contributed by atoms with Crippen LogP contribution in [0, 0.1) is 33.6 Å². The van der Waals surface area contributed by atoms with Crippen molar-refractivity contribution < 1.29 is 13.2 Å². The summed E-state index contributed by atoms with van der Waals surface area (Å²) in [6, 6.07) is 11.9. The monoisotopic (exact) mass is 454 g/mol. The van der Waals surface area contributed by atoms with E-state index >= 15 is 0 Å². The van der Waals surface area contributed by atoms with Gasteiger partial charge in [0.15, 0.2) is 0 Å². The summed E-state index contributed by atoms with van der Waals surface area (Å²) >= 11 is 0. The number of carbonyl (C=O) groups is 1. The maximum atomic E-state index is 13.5. The molecule has 1 amide bonds. The first-order valence-electron chi connectivity index (χ1n) is 11.2. The Bertz CT molecular complexity index is 1060. The lowest BCUT2D eigenvalue weighted by Crippen LogP contribution is -2.44. The summed E-state index contributed by atoms with van der Waals surface area (Å²) in [5, 5.41) is 0. The smallest absolute Gasteiger partial charge is 0.243 e. The highest BCUT2D eigenvalue weighted by atomic mass is 32.2. The van der Waals surface area contributed by atoms with Gasteiger partial charge < -0.3 is 4.90 Å². The lowest BCUT2D eigenvalue weighted by atomic mass is 9.96. The highest BCUT2D eigenvalue weighted by Gasteiger charge is 2.35. The van der Waals surface area contributed by atoms with Gasteiger partial charge in [-0.3, -0.25) is 4.79 Å². The van der Waals surface area contributed by atoms with Gasteiger partial charge in [0.1, 0.15) is 0 Å². The van der Waals surface area contributed by atoms with Crippen LogP contribution >= 0.6 is 0 Å². The number of rotatable bonds is 7. The number of benzene rings is 2. The second-order valence-corrected chi connectivity index (χ2v) is 10.6. The molecule has 1 aliphatic heterocycles. The molecule has 0 radical (unpaired) electrons. The molecule has 0 spiro atoms.